The molecule has 2 aliphatic rings. The fourth-order valence-electron chi connectivity index (χ4n) is 4.06. The van der Waals surface area contributed by atoms with E-state index in [1.807, 2.05) is 54.6 Å². The third-order valence-corrected chi connectivity index (χ3v) is 5.65. The number of nitrogens with zero attached hydrogens (tertiary/aromatic N) is 2. The van der Waals surface area contributed by atoms with Gasteiger partial charge in [-0.1, -0.05) is 42.5 Å². The first kappa shape index (κ1) is 19.6. The Morgan fingerprint density at radius 2 is 1.97 bits per heavy atom. The van der Waals surface area contributed by atoms with Crippen LogP contribution in [0.1, 0.15) is 22.7 Å². The summed E-state index contributed by atoms with van der Waals surface area (Å²) < 4.78 is 25.7. The van der Waals surface area contributed by atoms with Gasteiger partial charge >= 0.3 is 5.37 Å². The summed E-state index contributed by atoms with van der Waals surface area (Å²) in [6.45, 7) is 0.728. The van der Waals surface area contributed by atoms with E-state index in [0.717, 1.165) is 11.1 Å². The van der Waals surface area contributed by atoms with Crippen molar-refractivity contribution in [2.24, 2.45) is 11.0 Å². The highest BCUT2D eigenvalue weighted by Gasteiger charge is 2.45. The van der Waals surface area contributed by atoms with Crippen LogP contribution in [0.25, 0.3) is 0 Å². The van der Waals surface area contributed by atoms with E-state index < -0.39 is 17.2 Å². The quantitative estimate of drug-likeness (QED) is 0.399. The molecule has 0 aromatic heterocycles. The summed E-state index contributed by atoms with van der Waals surface area (Å²) >= 11 is 5.87. The fourth-order valence-corrected chi connectivity index (χ4v) is 4.20. The number of amides is 1. The Hall–Kier alpha value is -3.38. The molecule has 3 aromatic rings. The molecule has 31 heavy (non-hydrogen) atoms. The molecule has 0 saturated carbocycles. The Labute approximate surface area is 183 Å². The first-order valence-corrected chi connectivity index (χ1v) is 10.2. The molecule has 2 atom stereocenters. The van der Waals surface area contributed by atoms with Crippen molar-refractivity contribution < 1.29 is 18.7 Å². The number of carbonyl (C=O) groups excluding carboxylic acids is 1. The van der Waals surface area contributed by atoms with Gasteiger partial charge in [0, 0.05) is 5.56 Å². The Bertz CT molecular complexity index is 1170. The van der Waals surface area contributed by atoms with E-state index in [1.165, 1.54) is 17.1 Å². The molecule has 3 aromatic carbocycles. The summed E-state index contributed by atoms with van der Waals surface area (Å²) in [5, 5.41) is 4.98. The number of hydrogen-bond donors (Lipinski definition) is 0. The van der Waals surface area contributed by atoms with E-state index in [4.69, 9.17) is 21.1 Å². The molecule has 5 nitrogen and oxygen atoms in total. The second-order valence-corrected chi connectivity index (χ2v) is 7.76. The molecule has 0 N–H and O–H groups in total. The average molecular weight is 437 g/mol. The van der Waals surface area contributed by atoms with E-state index in [9.17, 15) is 9.18 Å². The van der Waals surface area contributed by atoms with Gasteiger partial charge in [0.25, 0.3) is 0 Å². The number of carbonyl (C=O) groups is 1. The molecule has 0 saturated heterocycles. The van der Waals surface area contributed by atoms with Crippen molar-refractivity contribution in [3.63, 3.8) is 0 Å². The Balaban J connectivity index is 1.45. The highest BCUT2D eigenvalue weighted by atomic mass is 35.5. The number of hydrogen-bond acceptors (Lipinski definition) is 4. The second kappa shape index (κ2) is 8.04. The van der Waals surface area contributed by atoms with Crippen molar-refractivity contribution in [1.82, 2.24) is 5.01 Å². The normalized spacial score (nSPS) is 19.2. The van der Waals surface area contributed by atoms with Crippen LogP contribution in [-0.4, -0.2) is 22.7 Å². The van der Waals surface area contributed by atoms with Crippen LogP contribution in [-0.2, 0) is 6.61 Å². The molecule has 5 rings (SSSR count). The largest absolute Gasteiger partial charge is 0.492 e. The summed E-state index contributed by atoms with van der Waals surface area (Å²) in [6, 6.07) is 21.2. The van der Waals surface area contributed by atoms with Gasteiger partial charge in [-0.05, 0) is 53.1 Å². The Kier molecular flexibility index (Phi) is 5.08. The standard InChI is InChI=1S/C24H18ClFN2O3/c25-24(29)28-23(20-14-31-21-10-9-17(26)12-19(21)22(20)27-28)16-7-4-8-18(11-16)30-13-15-5-2-1-3-6-15/h1-12,20,23H,13-14H2/t20-,23-/m1/s1. The molecule has 0 bridgehead atoms. The molecule has 2 heterocycles. The highest BCUT2D eigenvalue weighted by molar-refractivity contribution is 6.62. The van der Waals surface area contributed by atoms with Gasteiger partial charge < -0.3 is 9.47 Å². The Morgan fingerprint density at radius 3 is 2.77 bits per heavy atom. The fraction of sp³-hybridized carbons (Fsp3) is 0.167. The lowest BCUT2D eigenvalue weighted by Gasteiger charge is -2.29. The molecule has 0 unspecified atom stereocenters. The topological polar surface area (TPSA) is 51.1 Å². The van der Waals surface area contributed by atoms with Crippen molar-refractivity contribution in [3.8, 4) is 11.5 Å². The van der Waals surface area contributed by atoms with Crippen LogP contribution in [0.5, 0.6) is 11.5 Å². The average Bonchev–Trinajstić information content (AvgIpc) is 3.19. The van der Waals surface area contributed by atoms with Gasteiger partial charge in [0.15, 0.2) is 0 Å². The third kappa shape index (κ3) is 3.75. The van der Waals surface area contributed by atoms with Gasteiger partial charge in [-0.2, -0.15) is 5.10 Å². The molecule has 0 aliphatic carbocycles. The van der Waals surface area contributed by atoms with Crippen molar-refractivity contribution >= 4 is 22.7 Å². The lowest BCUT2D eigenvalue weighted by Crippen LogP contribution is -2.33. The monoisotopic (exact) mass is 436 g/mol. The molecule has 0 fully saturated rings. The zero-order chi connectivity index (χ0) is 21.4. The van der Waals surface area contributed by atoms with Crippen LogP contribution in [0.4, 0.5) is 9.18 Å². The maximum absolute atomic E-state index is 13.9. The first-order valence-electron chi connectivity index (χ1n) is 9.87. The van der Waals surface area contributed by atoms with Crippen molar-refractivity contribution in [2.45, 2.75) is 12.6 Å². The molecule has 156 valence electrons. The van der Waals surface area contributed by atoms with Gasteiger partial charge in [0.05, 0.1) is 24.3 Å². The number of rotatable bonds is 4. The summed E-state index contributed by atoms with van der Waals surface area (Å²) in [7, 11) is 0. The number of halogens is 2. The summed E-state index contributed by atoms with van der Waals surface area (Å²) in [5.41, 5.74) is 3.00. The number of benzene rings is 3. The van der Waals surface area contributed by atoms with Gasteiger partial charge in [-0.15, -0.1) is 0 Å². The molecular weight excluding hydrogens is 419 g/mol. The van der Waals surface area contributed by atoms with Crippen LogP contribution < -0.4 is 9.47 Å². The number of hydrazone groups is 1. The molecule has 2 aliphatic heterocycles. The van der Waals surface area contributed by atoms with Crippen LogP contribution in [0.3, 0.4) is 0 Å². The van der Waals surface area contributed by atoms with Crippen molar-refractivity contribution in [1.29, 1.82) is 0 Å². The van der Waals surface area contributed by atoms with Crippen molar-refractivity contribution in [2.75, 3.05) is 6.61 Å². The molecule has 0 spiro atoms. The van der Waals surface area contributed by atoms with Gasteiger partial charge in [0.2, 0.25) is 0 Å². The van der Waals surface area contributed by atoms with E-state index in [1.54, 1.807) is 6.07 Å². The van der Waals surface area contributed by atoms with E-state index in [0.29, 0.717) is 36.0 Å². The summed E-state index contributed by atoms with van der Waals surface area (Å²) in [5.74, 6) is 0.537. The smallest absolute Gasteiger partial charge is 0.337 e. The predicted octanol–water partition coefficient (Wildman–Crippen LogP) is 5.53. The van der Waals surface area contributed by atoms with Crippen LogP contribution in [0.2, 0.25) is 0 Å². The predicted molar refractivity (Wildman–Crippen MR) is 115 cm³/mol. The second-order valence-electron chi connectivity index (χ2n) is 7.43. The lowest BCUT2D eigenvalue weighted by atomic mass is 9.86. The third-order valence-electron chi connectivity index (χ3n) is 5.48. The zero-order valence-electron chi connectivity index (χ0n) is 16.4. The minimum absolute atomic E-state index is 0.277. The van der Waals surface area contributed by atoms with E-state index >= 15 is 0 Å². The molecular formula is C24H18ClFN2O3. The maximum atomic E-state index is 13.9. The van der Waals surface area contributed by atoms with Gasteiger partial charge in [-0.3, -0.25) is 4.79 Å². The molecule has 1 amide bonds. The zero-order valence-corrected chi connectivity index (χ0v) is 17.1. The van der Waals surface area contributed by atoms with Gasteiger partial charge in [0.1, 0.15) is 23.9 Å². The lowest BCUT2D eigenvalue weighted by molar-refractivity contribution is 0.178. The summed E-state index contributed by atoms with van der Waals surface area (Å²) in [4.78, 5) is 12.2. The molecule has 7 heteroatoms. The minimum atomic E-state index is -0.708. The Morgan fingerprint density at radius 1 is 1.13 bits per heavy atom. The van der Waals surface area contributed by atoms with Crippen LogP contribution in [0, 0.1) is 11.7 Å². The van der Waals surface area contributed by atoms with Crippen molar-refractivity contribution in [3.05, 3.63) is 95.3 Å². The van der Waals surface area contributed by atoms with Crippen LogP contribution >= 0.6 is 11.6 Å². The number of fused-ring (bicyclic) bond motifs is 3. The molecule has 0 radical (unpaired) electrons. The highest BCUT2D eigenvalue weighted by Crippen LogP contribution is 2.43. The van der Waals surface area contributed by atoms with E-state index in [-0.39, 0.29) is 5.92 Å². The van der Waals surface area contributed by atoms with Gasteiger partial charge in [-0.25, -0.2) is 9.40 Å². The maximum Gasteiger partial charge on any atom is 0.337 e. The summed E-state index contributed by atoms with van der Waals surface area (Å²) in [6.07, 6.45) is 0. The van der Waals surface area contributed by atoms with E-state index in [2.05, 4.69) is 5.10 Å². The SMILES string of the molecule is O=C(Cl)N1N=C2c3cc(F)ccc3OC[C@H]2[C@H]1c1cccc(OCc2ccccc2)c1. The first-order chi connectivity index (χ1) is 15.1. The number of ether oxygens (including phenoxy) is 2. The minimum Gasteiger partial charge on any atom is -0.492 e. The van der Waals surface area contributed by atoms with Crippen LogP contribution in [0.15, 0.2) is 77.9 Å².